The van der Waals surface area contributed by atoms with Gasteiger partial charge in [-0.3, -0.25) is 9.69 Å². The summed E-state index contributed by atoms with van der Waals surface area (Å²) in [5.74, 6) is -0.00245. The van der Waals surface area contributed by atoms with Crippen LogP contribution < -0.4 is 5.73 Å². The number of ether oxygens (including phenoxy) is 1. The van der Waals surface area contributed by atoms with E-state index in [4.69, 9.17) is 10.5 Å². The Labute approximate surface area is 78.0 Å². The smallest absolute Gasteiger partial charge is 0.220 e. The summed E-state index contributed by atoms with van der Waals surface area (Å²) in [6.45, 7) is 3.68. The lowest BCUT2D eigenvalue weighted by Crippen LogP contribution is -2.52. The van der Waals surface area contributed by atoms with Gasteiger partial charge in [-0.05, 0) is 12.8 Å². The molecule has 1 heterocycles. The maximum atomic E-state index is 10.8. The predicted octanol–water partition coefficient (Wildman–Crippen LogP) is -0.418. The quantitative estimate of drug-likeness (QED) is 0.634. The first-order valence-electron chi connectivity index (χ1n) is 4.88. The number of rotatable bonds is 2. The zero-order valence-electron chi connectivity index (χ0n) is 7.74. The second-order valence-electron chi connectivity index (χ2n) is 3.87. The maximum absolute atomic E-state index is 10.8. The summed E-state index contributed by atoms with van der Waals surface area (Å²) in [5.41, 5.74) is 5.21. The van der Waals surface area contributed by atoms with Crippen molar-refractivity contribution >= 4 is 5.91 Å². The summed E-state index contributed by atoms with van der Waals surface area (Å²) < 4.78 is 5.26. The van der Waals surface area contributed by atoms with Crippen molar-refractivity contribution in [3.63, 3.8) is 0 Å². The van der Waals surface area contributed by atoms with Crippen molar-refractivity contribution in [2.45, 2.75) is 18.9 Å². The summed E-state index contributed by atoms with van der Waals surface area (Å²) in [4.78, 5) is 13.2. The molecule has 0 unspecified atom stereocenters. The molecule has 2 aliphatic rings. The van der Waals surface area contributed by atoms with Gasteiger partial charge in [-0.1, -0.05) is 0 Å². The predicted molar refractivity (Wildman–Crippen MR) is 48.1 cm³/mol. The summed E-state index contributed by atoms with van der Waals surface area (Å²) in [5, 5.41) is 0. The highest BCUT2D eigenvalue weighted by atomic mass is 16.5. The fraction of sp³-hybridized carbons (Fsp3) is 0.889. The first-order valence-corrected chi connectivity index (χ1v) is 4.88. The van der Waals surface area contributed by atoms with Gasteiger partial charge in [0.1, 0.15) is 0 Å². The van der Waals surface area contributed by atoms with Gasteiger partial charge < -0.3 is 10.5 Å². The van der Waals surface area contributed by atoms with Gasteiger partial charge in [-0.2, -0.15) is 0 Å². The van der Waals surface area contributed by atoms with Gasteiger partial charge in [-0.25, -0.2) is 0 Å². The highest BCUT2D eigenvalue weighted by Gasteiger charge is 2.36. The first-order chi connectivity index (χ1) is 6.27. The molecule has 0 aromatic carbocycles. The Hall–Kier alpha value is -0.610. The van der Waals surface area contributed by atoms with Gasteiger partial charge in [0.25, 0.3) is 0 Å². The zero-order valence-corrected chi connectivity index (χ0v) is 7.74. The Kier molecular flexibility index (Phi) is 2.51. The van der Waals surface area contributed by atoms with Crippen LogP contribution in [0, 0.1) is 5.92 Å². The lowest BCUT2D eigenvalue weighted by atomic mass is 9.79. The minimum atomic E-state index is -0.135. The van der Waals surface area contributed by atoms with Crippen molar-refractivity contribution < 1.29 is 9.53 Å². The Morgan fingerprint density at radius 3 is 2.46 bits per heavy atom. The van der Waals surface area contributed by atoms with E-state index in [1.54, 1.807) is 0 Å². The molecule has 1 aliphatic heterocycles. The minimum absolute atomic E-state index is 0.132. The summed E-state index contributed by atoms with van der Waals surface area (Å²) in [7, 11) is 0. The van der Waals surface area contributed by atoms with Crippen molar-refractivity contribution in [1.82, 2.24) is 4.90 Å². The van der Waals surface area contributed by atoms with Crippen molar-refractivity contribution in [3.05, 3.63) is 0 Å². The van der Waals surface area contributed by atoms with E-state index >= 15 is 0 Å². The molecule has 1 aliphatic carbocycles. The van der Waals surface area contributed by atoms with E-state index in [0.29, 0.717) is 6.04 Å². The summed E-state index contributed by atoms with van der Waals surface area (Å²) in [6, 6.07) is 0.585. The van der Waals surface area contributed by atoms with Gasteiger partial charge in [-0.15, -0.1) is 0 Å². The van der Waals surface area contributed by atoms with E-state index in [2.05, 4.69) is 4.90 Å². The molecule has 1 saturated heterocycles. The number of amides is 1. The lowest BCUT2D eigenvalue weighted by Gasteiger charge is -2.43. The molecule has 0 aromatic heterocycles. The molecule has 4 heteroatoms. The Morgan fingerprint density at radius 2 is 1.92 bits per heavy atom. The van der Waals surface area contributed by atoms with Crippen LogP contribution in [0.2, 0.25) is 0 Å². The van der Waals surface area contributed by atoms with Gasteiger partial charge >= 0.3 is 0 Å². The van der Waals surface area contributed by atoms with Crippen LogP contribution in [0.3, 0.4) is 0 Å². The van der Waals surface area contributed by atoms with Crippen LogP contribution in [-0.2, 0) is 9.53 Å². The van der Waals surface area contributed by atoms with Gasteiger partial charge in [0.05, 0.1) is 13.2 Å². The molecule has 0 aromatic rings. The van der Waals surface area contributed by atoms with Crippen molar-refractivity contribution in [3.8, 4) is 0 Å². The number of carbonyl (C=O) groups is 1. The van der Waals surface area contributed by atoms with Crippen LogP contribution in [0.4, 0.5) is 0 Å². The third-order valence-corrected chi connectivity index (χ3v) is 3.08. The first kappa shape index (κ1) is 8.97. The molecule has 4 nitrogen and oxygen atoms in total. The van der Waals surface area contributed by atoms with Crippen LogP contribution in [0.1, 0.15) is 12.8 Å². The van der Waals surface area contributed by atoms with Crippen LogP contribution in [0.5, 0.6) is 0 Å². The second kappa shape index (κ2) is 3.64. The van der Waals surface area contributed by atoms with Gasteiger partial charge in [0, 0.05) is 25.0 Å². The molecule has 2 rings (SSSR count). The monoisotopic (exact) mass is 184 g/mol. The van der Waals surface area contributed by atoms with E-state index < -0.39 is 0 Å². The molecule has 1 amide bonds. The SMILES string of the molecule is NC(=O)C1CC(N2CCOCC2)C1. The molecule has 2 N–H and O–H groups in total. The number of nitrogens with two attached hydrogens (primary N) is 1. The topological polar surface area (TPSA) is 55.6 Å². The van der Waals surface area contributed by atoms with Crippen molar-refractivity contribution in [1.29, 1.82) is 0 Å². The molecule has 2 fully saturated rings. The van der Waals surface area contributed by atoms with E-state index in [-0.39, 0.29) is 11.8 Å². The molecular formula is C9H16N2O2. The molecular weight excluding hydrogens is 168 g/mol. The third-order valence-electron chi connectivity index (χ3n) is 3.08. The summed E-state index contributed by atoms with van der Waals surface area (Å²) >= 11 is 0. The average Bonchev–Trinajstić information content (AvgIpc) is 2.02. The third kappa shape index (κ3) is 1.84. The molecule has 0 spiro atoms. The molecule has 74 valence electrons. The Balaban J connectivity index is 1.75. The number of carbonyl (C=O) groups excluding carboxylic acids is 1. The van der Waals surface area contributed by atoms with E-state index in [0.717, 1.165) is 39.1 Å². The molecule has 13 heavy (non-hydrogen) atoms. The number of hydrogen-bond acceptors (Lipinski definition) is 3. The normalized spacial score (nSPS) is 35.4. The summed E-state index contributed by atoms with van der Waals surface area (Å²) in [6.07, 6.45) is 1.91. The lowest BCUT2D eigenvalue weighted by molar-refractivity contribution is -0.127. The minimum Gasteiger partial charge on any atom is -0.379 e. The standard InChI is InChI=1S/C9H16N2O2/c10-9(12)7-5-8(6-7)11-1-3-13-4-2-11/h7-8H,1-6H2,(H2,10,12). The van der Waals surface area contributed by atoms with Crippen LogP contribution in [0.25, 0.3) is 0 Å². The van der Waals surface area contributed by atoms with E-state index in [1.807, 2.05) is 0 Å². The number of morpholine rings is 1. The number of hydrogen-bond donors (Lipinski definition) is 1. The number of nitrogens with zero attached hydrogens (tertiary/aromatic N) is 1. The van der Waals surface area contributed by atoms with Gasteiger partial charge in [0.2, 0.25) is 5.91 Å². The maximum Gasteiger partial charge on any atom is 0.220 e. The average molecular weight is 184 g/mol. The largest absolute Gasteiger partial charge is 0.379 e. The van der Waals surface area contributed by atoms with Crippen LogP contribution in [-0.4, -0.2) is 43.2 Å². The second-order valence-corrected chi connectivity index (χ2v) is 3.87. The van der Waals surface area contributed by atoms with E-state index in [9.17, 15) is 4.79 Å². The molecule has 0 atom stereocenters. The fourth-order valence-electron chi connectivity index (χ4n) is 2.06. The van der Waals surface area contributed by atoms with E-state index in [1.165, 1.54) is 0 Å². The van der Waals surface area contributed by atoms with Crippen molar-refractivity contribution in [2.24, 2.45) is 11.7 Å². The van der Waals surface area contributed by atoms with Gasteiger partial charge in [0.15, 0.2) is 0 Å². The molecule has 0 bridgehead atoms. The fourth-order valence-corrected chi connectivity index (χ4v) is 2.06. The highest BCUT2D eigenvalue weighted by Crippen LogP contribution is 2.31. The molecule has 1 saturated carbocycles. The van der Waals surface area contributed by atoms with Crippen LogP contribution in [0.15, 0.2) is 0 Å². The Morgan fingerprint density at radius 1 is 1.31 bits per heavy atom. The Bertz CT molecular complexity index is 196. The number of primary amides is 1. The van der Waals surface area contributed by atoms with Crippen LogP contribution >= 0.6 is 0 Å². The highest BCUT2D eigenvalue weighted by molar-refractivity contribution is 5.77. The van der Waals surface area contributed by atoms with Crippen molar-refractivity contribution in [2.75, 3.05) is 26.3 Å². The molecule has 0 radical (unpaired) electrons. The zero-order chi connectivity index (χ0) is 9.26.